The lowest BCUT2D eigenvalue weighted by molar-refractivity contribution is 0.0947. The molecule has 0 saturated carbocycles. The van der Waals surface area contributed by atoms with Crippen molar-refractivity contribution in [1.29, 1.82) is 0 Å². The second-order valence-electron chi connectivity index (χ2n) is 5.30. The van der Waals surface area contributed by atoms with Crippen LogP contribution < -0.4 is 20.5 Å². The molecule has 25 heavy (non-hydrogen) atoms. The Balaban J connectivity index is 0.00000312. The van der Waals surface area contributed by atoms with Crippen LogP contribution in [0.2, 0.25) is 5.02 Å². The Bertz CT molecular complexity index is 751. The van der Waals surface area contributed by atoms with E-state index in [0.29, 0.717) is 35.2 Å². The van der Waals surface area contributed by atoms with Gasteiger partial charge in [0.15, 0.2) is 0 Å². The molecule has 0 aliphatic rings. The van der Waals surface area contributed by atoms with Crippen LogP contribution in [0.3, 0.4) is 0 Å². The number of hydrogen-bond donors (Lipinski definition) is 2. The molecule has 0 aromatic heterocycles. The molecule has 0 bridgehead atoms. The fraction of sp³-hybridized carbons (Fsp3) is 0.278. The number of ether oxygens (including phenoxy) is 2. The van der Waals surface area contributed by atoms with Crippen LogP contribution >= 0.6 is 24.0 Å². The molecule has 2 aromatic carbocycles. The number of amides is 1. The third-order valence-corrected chi connectivity index (χ3v) is 3.85. The maximum absolute atomic E-state index is 12.5. The number of anilines is 1. The number of rotatable bonds is 6. The van der Waals surface area contributed by atoms with Gasteiger partial charge in [0.25, 0.3) is 5.91 Å². The largest absolute Gasteiger partial charge is 0.496 e. The number of nitrogens with two attached hydrogens (primary N) is 1. The second kappa shape index (κ2) is 9.39. The molecule has 0 radical (unpaired) electrons. The highest BCUT2D eigenvalue weighted by Crippen LogP contribution is 2.29. The first-order valence-corrected chi connectivity index (χ1v) is 7.97. The highest BCUT2D eigenvalue weighted by Gasteiger charge is 2.15. The molecule has 0 unspecified atom stereocenters. The first-order chi connectivity index (χ1) is 11.5. The van der Waals surface area contributed by atoms with Gasteiger partial charge in [0.1, 0.15) is 11.5 Å². The summed E-state index contributed by atoms with van der Waals surface area (Å²) in [4.78, 5) is 12.5. The number of nitrogen functional groups attached to an aromatic ring is 1. The first kappa shape index (κ1) is 20.9. The van der Waals surface area contributed by atoms with E-state index < -0.39 is 0 Å². The van der Waals surface area contributed by atoms with E-state index in [0.717, 1.165) is 16.9 Å². The van der Waals surface area contributed by atoms with Crippen LogP contribution in [0, 0.1) is 6.92 Å². The summed E-state index contributed by atoms with van der Waals surface area (Å²) in [5.74, 6) is 0.847. The van der Waals surface area contributed by atoms with Crippen LogP contribution in [0.4, 0.5) is 5.69 Å². The SMILES string of the molecule is CCOc1cc(C)ccc1CNC(=O)c1cc(Cl)c(N)cc1OC.Cl. The number of benzene rings is 2. The molecule has 5 nitrogen and oxygen atoms in total. The molecule has 0 spiro atoms. The van der Waals surface area contributed by atoms with E-state index in [-0.39, 0.29) is 18.3 Å². The van der Waals surface area contributed by atoms with E-state index in [2.05, 4.69) is 5.32 Å². The molecule has 2 rings (SSSR count). The van der Waals surface area contributed by atoms with Crippen molar-refractivity contribution in [2.24, 2.45) is 0 Å². The maximum Gasteiger partial charge on any atom is 0.255 e. The number of nitrogens with one attached hydrogen (secondary N) is 1. The first-order valence-electron chi connectivity index (χ1n) is 7.59. The van der Waals surface area contributed by atoms with Crippen LogP contribution in [0.15, 0.2) is 30.3 Å². The van der Waals surface area contributed by atoms with Crippen molar-refractivity contribution in [2.45, 2.75) is 20.4 Å². The van der Waals surface area contributed by atoms with E-state index in [9.17, 15) is 4.79 Å². The van der Waals surface area contributed by atoms with Gasteiger partial charge in [-0.25, -0.2) is 0 Å². The Hall–Kier alpha value is -2.11. The van der Waals surface area contributed by atoms with Gasteiger partial charge in [-0.05, 0) is 31.5 Å². The molecular weight excluding hydrogens is 363 g/mol. The molecule has 0 aliphatic carbocycles. The van der Waals surface area contributed by atoms with Crippen molar-refractivity contribution in [2.75, 3.05) is 19.5 Å². The summed E-state index contributed by atoms with van der Waals surface area (Å²) in [5.41, 5.74) is 8.43. The molecule has 136 valence electrons. The van der Waals surface area contributed by atoms with Crippen LogP contribution in [-0.4, -0.2) is 19.6 Å². The highest BCUT2D eigenvalue weighted by molar-refractivity contribution is 6.33. The topological polar surface area (TPSA) is 73.6 Å². The van der Waals surface area contributed by atoms with Gasteiger partial charge in [-0.3, -0.25) is 4.79 Å². The molecule has 7 heteroatoms. The molecule has 0 fully saturated rings. The minimum atomic E-state index is -0.295. The van der Waals surface area contributed by atoms with Gasteiger partial charge >= 0.3 is 0 Å². The number of aryl methyl sites for hydroxylation is 1. The smallest absolute Gasteiger partial charge is 0.255 e. The Labute approximate surface area is 158 Å². The van der Waals surface area contributed by atoms with Gasteiger partial charge in [0, 0.05) is 18.2 Å². The van der Waals surface area contributed by atoms with Gasteiger partial charge in [0.2, 0.25) is 0 Å². The van der Waals surface area contributed by atoms with E-state index in [4.69, 9.17) is 26.8 Å². The molecule has 0 saturated heterocycles. The Morgan fingerprint density at radius 2 is 1.96 bits per heavy atom. The summed E-state index contributed by atoms with van der Waals surface area (Å²) >= 11 is 6.01. The second-order valence-corrected chi connectivity index (χ2v) is 5.71. The lowest BCUT2D eigenvalue weighted by Crippen LogP contribution is -2.24. The van der Waals surface area contributed by atoms with E-state index >= 15 is 0 Å². The predicted octanol–water partition coefficient (Wildman–Crippen LogP) is 3.99. The third kappa shape index (κ3) is 5.18. The molecule has 0 heterocycles. The standard InChI is InChI=1S/C18H21ClN2O3.ClH/c1-4-24-16-7-11(2)5-6-12(16)10-21-18(22)13-8-14(19)15(20)9-17(13)23-3;/h5-9H,4,10,20H2,1-3H3,(H,21,22);1H. The minimum Gasteiger partial charge on any atom is -0.496 e. The number of hydrogen-bond acceptors (Lipinski definition) is 4. The average molecular weight is 385 g/mol. The van der Waals surface area contributed by atoms with Crippen LogP contribution in [-0.2, 0) is 6.54 Å². The third-order valence-electron chi connectivity index (χ3n) is 3.53. The van der Waals surface area contributed by atoms with E-state index in [1.807, 2.05) is 32.0 Å². The quantitative estimate of drug-likeness (QED) is 0.738. The maximum atomic E-state index is 12.5. The number of halogens is 2. The highest BCUT2D eigenvalue weighted by atomic mass is 35.5. The van der Waals surface area contributed by atoms with Gasteiger partial charge in [-0.2, -0.15) is 0 Å². The minimum absolute atomic E-state index is 0. The molecule has 0 atom stereocenters. The van der Waals surface area contributed by atoms with E-state index in [1.54, 1.807) is 0 Å². The summed E-state index contributed by atoms with van der Waals surface area (Å²) in [6.07, 6.45) is 0. The number of carbonyl (C=O) groups excluding carboxylic acids is 1. The van der Waals surface area contributed by atoms with Crippen LogP contribution in [0.25, 0.3) is 0 Å². The number of carbonyl (C=O) groups is 1. The van der Waals surface area contributed by atoms with Crippen molar-refractivity contribution in [3.63, 3.8) is 0 Å². The zero-order valence-electron chi connectivity index (χ0n) is 14.4. The molecule has 0 aliphatic heterocycles. The predicted molar refractivity (Wildman–Crippen MR) is 103 cm³/mol. The van der Waals surface area contributed by atoms with Gasteiger partial charge in [-0.15, -0.1) is 12.4 Å². The van der Waals surface area contributed by atoms with Gasteiger partial charge < -0.3 is 20.5 Å². The van der Waals surface area contributed by atoms with Crippen LogP contribution in [0.5, 0.6) is 11.5 Å². The normalized spacial score (nSPS) is 9.92. The summed E-state index contributed by atoms with van der Waals surface area (Å²) in [7, 11) is 1.48. The monoisotopic (exact) mass is 384 g/mol. The van der Waals surface area contributed by atoms with Crippen molar-refractivity contribution in [1.82, 2.24) is 5.32 Å². The Morgan fingerprint density at radius 1 is 1.24 bits per heavy atom. The summed E-state index contributed by atoms with van der Waals surface area (Å²) < 4.78 is 10.8. The lowest BCUT2D eigenvalue weighted by Gasteiger charge is -2.14. The Kier molecular flexibility index (Phi) is 7.87. The van der Waals surface area contributed by atoms with E-state index in [1.165, 1.54) is 19.2 Å². The molecule has 3 N–H and O–H groups in total. The van der Waals surface area contributed by atoms with Gasteiger partial charge in [0.05, 0.1) is 30.0 Å². The lowest BCUT2D eigenvalue weighted by atomic mass is 10.1. The fourth-order valence-electron chi connectivity index (χ4n) is 2.28. The summed E-state index contributed by atoms with van der Waals surface area (Å²) in [6, 6.07) is 8.91. The van der Waals surface area contributed by atoms with Gasteiger partial charge in [-0.1, -0.05) is 23.7 Å². The molecule has 1 amide bonds. The summed E-state index contributed by atoms with van der Waals surface area (Å²) in [6.45, 7) is 4.81. The molecule has 2 aromatic rings. The Morgan fingerprint density at radius 3 is 2.60 bits per heavy atom. The molecular formula is C18H22Cl2N2O3. The summed E-state index contributed by atoms with van der Waals surface area (Å²) in [5, 5.41) is 3.17. The van der Waals surface area contributed by atoms with Crippen molar-refractivity contribution >= 4 is 35.6 Å². The average Bonchev–Trinajstić information content (AvgIpc) is 2.56. The van der Waals surface area contributed by atoms with Crippen molar-refractivity contribution in [3.05, 3.63) is 52.0 Å². The number of methoxy groups -OCH3 is 1. The van der Waals surface area contributed by atoms with Crippen molar-refractivity contribution in [3.8, 4) is 11.5 Å². The zero-order valence-corrected chi connectivity index (χ0v) is 16.0. The van der Waals surface area contributed by atoms with Crippen LogP contribution in [0.1, 0.15) is 28.4 Å². The zero-order chi connectivity index (χ0) is 17.7. The van der Waals surface area contributed by atoms with Crippen molar-refractivity contribution < 1.29 is 14.3 Å². The fourth-order valence-corrected chi connectivity index (χ4v) is 2.45.